The Labute approximate surface area is 189 Å². The zero-order valence-corrected chi connectivity index (χ0v) is 19.5. The second-order valence-electron chi connectivity index (χ2n) is 8.30. The van der Waals surface area contributed by atoms with Gasteiger partial charge in [0.15, 0.2) is 5.79 Å². The minimum atomic E-state index is -1.90. The van der Waals surface area contributed by atoms with Crippen molar-refractivity contribution in [2.45, 2.75) is 64.7 Å². The maximum atomic E-state index is 12.9. The minimum Gasteiger partial charge on any atom is -0.464 e. The van der Waals surface area contributed by atoms with Gasteiger partial charge in [-0.15, -0.1) is 0 Å². The van der Waals surface area contributed by atoms with Crippen LogP contribution in [0.25, 0.3) is 0 Å². The molecule has 1 aromatic carbocycles. The Morgan fingerprint density at radius 3 is 2.09 bits per heavy atom. The first kappa shape index (κ1) is 25.8. The largest absolute Gasteiger partial charge is 0.464 e. The molecule has 1 aliphatic heterocycles. The molecule has 1 N–H and O–H groups in total. The lowest BCUT2D eigenvalue weighted by Gasteiger charge is -2.35. The predicted octanol–water partition coefficient (Wildman–Crippen LogP) is 3.24. The van der Waals surface area contributed by atoms with E-state index in [1.807, 2.05) is 13.8 Å². The molecular weight excluding hydrogens is 414 g/mol. The summed E-state index contributed by atoms with van der Waals surface area (Å²) >= 11 is 0. The van der Waals surface area contributed by atoms with E-state index in [1.165, 1.54) is 0 Å². The van der Waals surface area contributed by atoms with Gasteiger partial charge in [-0.05, 0) is 59.1 Å². The van der Waals surface area contributed by atoms with E-state index in [4.69, 9.17) is 18.9 Å². The standard InChI is InChI=1S/C24H35NO7/c1-5-29-21(27)24(22(28)30-6-2,25-20(26)19-13-8-7-9-14-19)15-11-10-12-18-16-31-23(3,4)32-17-18/h7-9,13-14,18H,5-6,10-12,15-17H2,1-4H3,(H,25,26). The van der Waals surface area contributed by atoms with Crippen molar-refractivity contribution in [3.63, 3.8) is 0 Å². The quantitative estimate of drug-likeness (QED) is 0.314. The van der Waals surface area contributed by atoms with E-state index in [1.54, 1.807) is 44.2 Å². The molecule has 0 radical (unpaired) electrons. The number of carbonyl (C=O) groups is 3. The van der Waals surface area contributed by atoms with Crippen LogP contribution in [0.4, 0.5) is 0 Å². The number of ether oxygens (including phenoxy) is 4. The van der Waals surface area contributed by atoms with Gasteiger partial charge in [0.1, 0.15) is 0 Å². The third kappa shape index (κ3) is 7.03. The number of benzene rings is 1. The van der Waals surface area contributed by atoms with Gasteiger partial charge in [0.25, 0.3) is 5.91 Å². The molecule has 0 atom stereocenters. The van der Waals surface area contributed by atoms with Gasteiger partial charge < -0.3 is 24.3 Å². The van der Waals surface area contributed by atoms with Crippen molar-refractivity contribution in [1.82, 2.24) is 5.32 Å². The molecule has 1 aliphatic rings. The summed E-state index contributed by atoms with van der Waals surface area (Å²) < 4.78 is 21.8. The monoisotopic (exact) mass is 449 g/mol. The van der Waals surface area contributed by atoms with Crippen molar-refractivity contribution in [2.75, 3.05) is 26.4 Å². The fourth-order valence-corrected chi connectivity index (χ4v) is 3.53. The number of nitrogens with one attached hydrogen (secondary N) is 1. The second kappa shape index (κ2) is 12.0. The minimum absolute atomic E-state index is 0.0726. The molecule has 1 saturated heterocycles. The normalized spacial score (nSPS) is 16.2. The second-order valence-corrected chi connectivity index (χ2v) is 8.30. The third-order valence-electron chi connectivity index (χ3n) is 5.36. The van der Waals surface area contributed by atoms with Crippen LogP contribution in [-0.4, -0.2) is 55.6 Å². The van der Waals surface area contributed by atoms with Crippen LogP contribution in [0.5, 0.6) is 0 Å². The van der Waals surface area contributed by atoms with Gasteiger partial charge in [-0.25, -0.2) is 9.59 Å². The molecule has 178 valence electrons. The van der Waals surface area contributed by atoms with Crippen LogP contribution >= 0.6 is 0 Å². The summed E-state index contributed by atoms with van der Waals surface area (Å²) in [4.78, 5) is 38.7. The molecule has 8 nitrogen and oxygen atoms in total. The molecule has 8 heteroatoms. The summed E-state index contributed by atoms with van der Waals surface area (Å²) in [6, 6.07) is 8.42. The maximum absolute atomic E-state index is 12.9. The summed E-state index contributed by atoms with van der Waals surface area (Å²) in [5.74, 6) is -2.49. The number of hydrogen-bond donors (Lipinski definition) is 1. The number of amides is 1. The maximum Gasteiger partial charge on any atom is 0.343 e. The van der Waals surface area contributed by atoms with Crippen molar-refractivity contribution >= 4 is 17.8 Å². The highest BCUT2D eigenvalue weighted by Gasteiger charge is 2.50. The number of carbonyl (C=O) groups excluding carboxylic acids is 3. The Morgan fingerprint density at radius 1 is 1.00 bits per heavy atom. The SMILES string of the molecule is CCOC(=O)C(CCCCC1COC(C)(C)OC1)(NC(=O)c1ccccc1)C(=O)OCC. The van der Waals surface area contributed by atoms with Crippen molar-refractivity contribution in [3.8, 4) is 0 Å². The zero-order valence-electron chi connectivity index (χ0n) is 19.5. The molecule has 0 aromatic heterocycles. The lowest BCUT2D eigenvalue weighted by atomic mass is 9.90. The van der Waals surface area contributed by atoms with Crippen LogP contribution in [0.2, 0.25) is 0 Å². The first-order valence-electron chi connectivity index (χ1n) is 11.2. The molecule has 1 aromatic rings. The lowest BCUT2D eigenvalue weighted by Crippen LogP contribution is -2.61. The predicted molar refractivity (Wildman–Crippen MR) is 118 cm³/mol. The molecule has 2 rings (SSSR count). The molecule has 0 spiro atoms. The molecule has 1 amide bonds. The van der Waals surface area contributed by atoms with E-state index in [0.717, 1.165) is 12.8 Å². The van der Waals surface area contributed by atoms with Crippen LogP contribution in [-0.2, 0) is 28.5 Å². The first-order chi connectivity index (χ1) is 15.2. The Balaban J connectivity index is 2.11. The summed E-state index contributed by atoms with van der Waals surface area (Å²) in [6.45, 7) is 8.41. The highest BCUT2D eigenvalue weighted by Crippen LogP contribution is 2.26. The fraction of sp³-hybridized carbons (Fsp3) is 0.625. The van der Waals surface area contributed by atoms with E-state index in [-0.39, 0.29) is 25.6 Å². The van der Waals surface area contributed by atoms with E-state index in [0.29, 0.717) is 25.2 Å². The summed E-state index contributed by atoms with van der Waals surface area (Å²) in [5, 5.41) is 2.63. The van der Waals surface area contributed by atoms with Crippen LogP contribution in [0, 0.1) is 5.92 Å². The van der Waals surface area contributed by atoms with E-state index < -0.39 is 29.2 Å². The van der Waals surface area contributed by atoms with E-state index >= 15 is 0 Å². The lowest BCUT2D eigenvalue weighted by molar-refractivity contribution is -0.262. The number of unbranched alkanes of at least 4 members (excludes halogenated alkanes) is 1. The van der Waals surface area contributed by atoms with Crippen LogP contribution in [0.15, 0.2) is 30.3 Å². The van der Waals surface area contributed by atoms with Crippen molar-refractivity contribution in [1.29, 1.82) is 0 Å². The van der Waals surface area contributed by atoms with Gasteiger partial charge >= 0.3 is 11.9 Å². The summed E-state index contributed by atoms with van der Waals surface area (Å²) in [5.41, 5.74) is -1.56. The average Bonchev–Trinajstić information content (AvgIpc) is 2.77. The Morgan fingerprint density at radius 2 is 1.56 bits per heavy atom. The van der Waals surface area contributed by atoms with E-state index in [2.05, 4.69) is 5.32 Å². The number of rotatable bonds is 11. The fourth-order valence-electron chi connectivity index (χ4n) is 3.53. The number of esters is 2. The van der Waals surface area contributed by atoms with Gasteiger partial charge in [-0.2, -0.15) is 0 Å². The highest BCUT2D eigenvalue weighted by molar-refractivity contribution is 6.10. The average molecular weight is 450 g/mol. The molecule has 0 bridgehead atoms. The molecule has 1 fully saturated rings. The molecule has 0 aliphatic carbocycles. The van der Waals surface area contributed by atoms with Crippen molar-refractivity contribution < 1.29 is 33.3 Å². The Kier molecular flexibility index (Phi) is 9.65. The molecule has 1 heterocycles. The molecule has 32 heavy (non-hydrogen) atoms. The molecule has 0 saturated carbocycles. The Hall–Kier alpha value is -2.45. The smallest absolute Gasteiger partial charge is 0.343 e. The summed E-state index contributed by atoms with van der Waals surface area (Å²) in [6.07, 6.45) is 2.11. The van der Waals surface area contributed by atoms with Gasteiger partial charge in [0.2, 0.25) is 5.54 Å². The van der Waals surface area contributed by atoms with Crippen molar-refractivity contribution in [2.24, 2.45) is 5.92 Å². The topological polar surface area (TPSA) is 100 Å². The zero-order chi connectivity index (χ0) is 23.6. The Bertz CT molecular complexity index is 735. The molecular formula is C24H35NO7. The van der Waals surface area contributed by atoms with Gasteiger partial charge in [0.05, 0.1) is 26.4 Å². The van der Waals surface area contributed by atoms with Crippen LogP contribution in [0.1, 0.15) is 63.7 Å². The van der Waals surface area contributed by atoms with Crippen LogP contribution < -0.4 is 5.32 Å². The van der Waals surface area contributed by atoms with Gasteiger partial charge in [-0.1, -0.05) is 24.6 Å². The van der Waals surface area contributed by atoms with E-state index in [9.17, 15) is 14.4 Å². The molecule has 0 unspecified atom stereocenters. The number of hydrogen-bond acceptors (Lipinski definition) is 7. The van der Waals surface area contributed by atoms with Gasteiger partial charge in [0, 0.05) is 11.5 Å². The summed E-state index contributed by atoms with van der Waals surface area (Å²) in [7, 11) is 0. The van der Waals surface area contributed by atoms with Crippen LogP contribution in [0.3, 0.4) is 0 Å². The van der Waals surface area contributed by atoms with Crippen molar-refractivity contribution in [3.05, 3.63) is 35.9 Å². The third-order valence-corrected chi connectivity index (χ3v) is 5.36. The van der Waals surface area contributed by atoms with Gasteiger partial charge in [-0.3, -0.25) is 4.79 Å². The highest BCUT2D eigenvalue weighted by atomic mass is 16.7. The first-order valence-corrected chi connectivity index (χ1v) is 11.2.